The van der Waals surface area contributed by atoms with Gasteiger partial charge in [0.1, 0.15) is 5.60 Å². The molecule has 2 atom stereocenters. The molecule has 0 aromatic heterocycles. The lowest BCUT2D eigenvalue weighted by Crippen LogP contribution is -2.48. The Morgan fingerprint density at radius 2 is 1.89 bits per heavy atom. The number of esters is 1. The molecule has 1 aliphatic rings. The monoisotopic (exact) mass is 392 g/mol. The average molecular weight is 392 g/mol. The van der Waals surface area contributed by atoms with Crippen LogP contribution in [0.2, 0.25) is 0 Å². The van der Waals surface area contributed by atoms with E-state index in [9.17, 15) is 19.2 Å². The largest absolute Gasteiger partial charge is 0.450 e. The summed E-state index contributed by atoms with van der Waals surface area (Å²) in [6.07, 6.45) is -2.31. The number of ether oxygens (including phenoxy) is 3. The summed E-state index contributed by atoms with van der Waals surface area (Å²) in [6.45, 7) is 5.05. The standard InChI is InChI=1S/C19H24N2O7/c1-19(2,3)28-18(25)20-13(11-26-10-12-7-5-4-6-8-12)17(24)27-14-9-15(22)21-16(14)23/h4-8,13-14H,9-11H2,1-3H3,(H,20,25)(H,21,22,23)/t13-,14?/m0/s1. The lowest BCUT2D eigenvalue weighted by Gasteiger charge is -2.23. The van der Waals surface area contributed by atoms with Crippen LogP contribution < -0.4 is 10.6 Å². The van der Waals surface area contributed by atoms with Gasteiger partial charge in [0.2, 0.25) is 5.91 Å². The smallest absolute Gasteiger partial charge is 0.408 e. The van der Waals surface area contributed by atoms with Crippen molar-refractivity contribution in [2.75, 3.05) is 6.61 Å². The molecule has 9 nitrogen and oxygen atoms in total. The lowest BCUT2D eigenvalue weighted by atomic mass is 10.2. The summed E-state index contributed by atoms with van der Waals surface area (Å²) in [5.74, 6) is -2.12. The Hall–Kier alpha value is -2.94. The fourth-order valence-electron chi connectivity index (χ4n) is 2.33. The Kier molecular flexibility index (Phi) is 7.11. The predicted octanol–water partition coefficient (Wildman–Crippen LogP) is 1.05. The van der Waals surface area contributed by atoms with Crippen molar-refractivity contribution in [1.29, 1.82) is 0 Å². The first kappa shape index (κ1) is 21.4. The first-order chi connectivity index (χ1) is 13.1. The summed E-state index contributed by atoms with van der Waals surface area (Å²) < 4.78 is 15.7. The Bertz CT molecular complexity index is 728. The van der Waals surface area contributed by atoms with Gasteiger partial charge >= 0.3 is 12.1 Å². The summed E-state index contributed by atoms with van der Waals surface area (Å²) in [5, 5.41) is 4.43. The van der Waals surface area contributed by atoms with Crippen molar-refractivity contribution < 1.29 is 33.4 Å². The highest BCUT2D eigenvalue weighted by Gasteiger charge is 2.36. The summed E-state index contributed by atoms with van der Waals surface area (Å²) >= 11 is 0. The summed E-state index contributed by atoms with van der Waals surface area (Å²) in [7, 11) is 0. The number of carbonyl (C=O) groups excluding carboxylic acids is 4. The molecular weight excluding hydrogens is 368 g/mol. The molecule has 28 heavy (non-hydrogen) atoms. The van der Waals surface area contributed by atoms with Crippen LogP contribution >= 0.6 is 0 Å². The van der Waals surface area contributed by atoms with Crippen molar-refractivity contribution in [3.63, 3.8) is 0 Å². The highest BCUT2D eigenvalue weighted by molar-refractivity contribution is 6.05. The lowest BCUT2D eigenvalue weighted by molar-refractivity contribution is -0.157. The maximum absolute atomic E-state index is 12.4. The van der Waals surface area contributed by atoms with Crippen LogP contribution in [0.5, 0.6) is 0 Å². The third kappa shape index (κ3) is 6.99. The van der Waals surface area contributed by atoms with Crippen LogP contribution in [-0.4, -0.2) is 48.2 Å². The van der Waals surface area contributed by atoms with Crippen molar-refractivity contribution >= 4 is 23.9 Å². The molecule has 1 saturated heterocycles. The highest BCUT2D eigenvalue weighted by atomic mass is 16.6. The van der Waals surface area contributed by atoms with Gasteiger partial charge in [0.05, 0.1) is 19.6 Å². The topological polar surface area (TPSA) is 120 Å². The van der Waals surface area contributed by atoms with Gasteiger partial charge in [-0.3, -0.25) is 14.9 Å². The fourth-order valence-corrected chi connectivity index (χ4v) is 2.33. The number of nitrogens with one attached hydrogen (secondary N) is 2. The zero-order valence-electron chi connectivity index (χ0n) is 16.0. The molecule has 152 valence electrons. The highest BCUT2D eigenvalue weighted by Crippen LogP contribution is 2.10. The van der Waals surface area contributed by atoms with Gasteiger partial charge in [-0.2, -0.15) is 0 Å². The number of imide groups is 1. The molecule has 9 heteroatoms. The number of amides is 3. The number of alkyl carbamates (subject to hydrolysis) is 1. The molecular formula is C19H24N2O7. The minimum Gasteiger partial charge on any atom is -0.450 e. The maximum atomic E-state index is 12.4. The van der Waals surface area contributed by atoms with Gasteiger partial charge in [-0.25, -0.2) is 9.59 Å². The van der Waals surface area contributed by atoms with Crippen LogP contribution in [0.15, 0.2) is 30.3 Å². The molecule has 0 radical (unpaired) electrons. The molecule has 1 aliphatic heterocycles. The average Bonchev–Trinajstić information content (AvgIpc) is 2.90. The number of hydrogen-bond donors (Lipinski definition) is 2. The number of benzene rings is 1. The van der Waals surface area contributed by atoms with Gasteiger partial charge in [-0.05, 0) is 26.3 Å². The summed E-state index contributed by atoms with van der Waals surface area (Å²) in [5.41, 5.74) is 0.119. The predicted molar refractivity (Wildman–Crippen MR) is 96.9 cm³/mol. The molecule has 0 aliphatic carbocycles. The van der Waals surface area contributed by atoms with E-state index in [0.717, 1.165) is 5.56 Å². The van der Waals surface area contributed by atoms with E-state index in [2.05, 4.69) is 5.32 Å². The van der Waals surface area contributed by atoms with E-state index >= 15 is 0 Å². The fraction of sp³-hybridized carbons (Fsp3) is 0.474. The van der Waals surface area contributed by atoms with E-state index in [1.165, 1.54) is 0 Å². The molecule has 1 aromatic rings. The Balaban J connectivity index is 1.97. The third-order valence-electron chi connectivity index (χ3n) is 3.56. The van der Waals surface area contributed by atoms with Crippen LogP contribution in [0.1, 0.15) is 32.8 Å². The zero-order valence-corrected chi connectivity index (χ0v) is 16.0. The van der Waals surface area contributed by atoms with Crippen molar-refractivity contribution in [2.45, 2.75) is 51.5 Å². The van der Waals surface area contributed by atoms with E-state index in [1.54, 1.807) is 20.8 Å². The molecule has 1 unspecified atom stereocenters. The first-order valence-corrected chi connectivity index (χ1v) is 8.79. The second kappa shape index (κ2) is 9.32. The van der Waals surface area contributed by atoms with Gasteiger partial charge in [-0.15, -0.1) is 0 Å². The second-order valence-corrected chi connectivity index (χ2v) is 7.24. The number of carbonyl (C=O) groups is 4. The molecule has 1 aromatic carbocycles. The third-order valence-corrected chi connectivity index (χ3v) is 3.56. The van der Waals surface area contributed by atoms with Crippen LogP contribution in [0.25, 0.3) is 0 Å². The first-order valence-electron chi connectivity index (χ1n) is 8.79. The van der Waals surface area contributed by atoms with Gasteiger partial charge in [0.15, 0.2) is 12.1 Å². The van der Waals surface area contributed by atoms with Gasteiger partial charge in [0, 0.05) is 0 Å². The summed E-state index contributed by atoms with van der Waals surface area (Å²) in [4.78, 5) is 47.3. The molecule has 2 rings (SSSR count). The van der Waals surface area contributed by atoms with Crippen LogP contribution in [-0.2, 0) is 35.2 Å². The molecule has 0 bridgehead atoms. The van der Waals surface area contributed by atoms with Crippen LogP contribution in [0.4, 0.5) is 4.79 Å². The molecule has 3 amide bonds. The Labute approximate surface area is 162 Å². The van der Waals surface area contributed by atoms with E-state index in [0.29, 0.717) is 0 Å². The summed E-state index contributed by atoms with van der Waals surface area (Å²) in [6, 6.07) is 8.05. The molecule has 1 fully saturated rings. The van der Waals surface area contributed by atoms with Crippen LogP contribution in [0.3, 0.4) is 0 Å². The van der Waals surface area contributed by atoms with Crippen molar-refractivity contribution in [2.24, 2.45) is 0 Å². The van der Waals surface area contributed by atoms with Gasteiger partial charge < -0.3 is 19.5 Å². The molecule has 2 N–H and O–H groups in total. The molecule has 0 saturated carbocycles. The minimum absolute atomic E-state index is 0.199. The van der Waals surface area contributed by atoms with Crippen LogP contribution in [0, 0.1) is 0 Å². The van der Waals surface area contributed by atoms with Gasteiger partial charge in [0.25, 0.3) is 5.91 Å². The molecule has 1 heterocycles. The van der Waals surface area contributed by atoms with Gasteiger partial charge in [-0.1, -0.05) is 30.3 Å². The van der Waals surface area contributed by atoms with Crippen molar-refractivity contribution in [3.05, 3.63) is 35.9 Å². The Morgan fingerprint density at radius 1 is 1.21 bits per heavy atom. The van der Waals surface area contributed by atoms with E-state index in [4.69, 9.17) is 14.2 Å². The number of rotatable bonds is 7. The SMILES string of the molecule is CC(C)(C)OC(=O)N[C@@H](COCc1ccccc1)C(=O)OC1CC(=O)NC1=O. The maximum Gasteiger partial charge on any atom is 0.408 e. The van der Waals surface area contributed by atoms with Crippen molar-refractivity contribution in [3.8, 4) is 0 Å². The normalized spacial score (nSPS) is 17.6. The molecule has 0 spiro atoms. The minimum atomic E-state index is -1.22. The van der Waals surface area contributed by atoms with E-state index in [1.807, 2.05) is 35.6 Å². The van der Waals surface area contributed by atoms with E-state index in [-0.39, 0.29) is 19.6 Å². The van der Waals surface area contributed by atoms with Crippen molar-refractivity contribution in [1.82, 2.24) is 10.6 Å². The second-order valence-electron chi connectivity index (χ2n) is 7.24. The zero-order chi connectivity index (χ0) is 20.7. The Morgan fingerprint density at radius 3 is 2.46 bits per heavy atom. The quantitative estimate of drug-likeness (QED) is 0.526. The van der Waals surface area contributed by atoms with E-state index < -0.39 is 41.6 Å². The number of hydrogen-bond acceptors (Lipinski definition) is 7.